The molecule has 0 aliphatic carbocycles. The molecule has 0 amide bonds. The van der Waals surface area contributed by atoms with Gasteiger partial charge in [-0.2, -0.15) is 0 Å². The van der Waals surface area contributed by atoms with Crippen LogP contribution in [0.4, 0.5) is 0 Å². The maximum atomic E-state index is 14.2. The zero-order valence-corrected chi connectivity index (χ0v) is 29.7. The lowest BCUT2D eigenvalue weighted by Crippen LogP contribution is -2.40. The number of rotatable bonds is 10. The van der Waals surface area contributed by atoms with Gasteiger partial charge in [0, 0.05) is 5.56 Å². The van der Waals surface area contributed by atoms with E-state index in [4.69, 9.17) is 23.9 Å². The second kappa shape index (κ2) is 14.3. The van der Waals surface area contributed by atoms with Gasteiger partial charge in [0.05, 0.1) is 43.3 Å². The maximum Gasteiger partial charge on any atom is 0.338 e. The molecule has 1 aromatic heterocycles. The van der Waals surface area contributed by atoms with Crippen molar-refractivity contribution < 1.29 is 23.7 Å². The number of benzene rings is 3. The number of thiazole rings is 1. The summed E-state index contributed by atoms with van der Waals surface area (Å²) in [6, 6.07) is 18.6. The smallest absolute Gasteiger partial charge is 0.338 e. The molecule has 0 fully saturated rings. The third-order valence-corrected chi connectivity index (χ3v) is 9.46. The van der Waals surface area contributed by atoms with E-state index in [1.807, 2.05) is 67.6 Å². The number of para-hydroxylation sites is 1. The third-order valence-electron chi connectivity index (χ3n) is 6.87. The summed E-state index contributed by atoms with van der Waals surface area (Å²) in [6.45, 7) is 6.39. The molecular weight excluding hydrogens is 806 g/mol. The monoisotopic (exact) mass is 836 g/mol. The van der Waals surface area contributed by atoms with Crippen LogP contribution in [0.2, 0.25) is 0 Å². The molecule has 1 aliphatic heterocycles. The summed E-state index contributed by atoms with van der Waals surface area (Å²) in [5, 5.41) is 0. The van der Waals surface area contributed by atoms with E-state index in [9.17, 15) is 9.59 Å². The fourth-order valence-electron chi connectivity index (χ4n) is 4.98. The van der Waals surface area contributed by atoms with Crippen LogP contribution in [0.1, 0.15) is 43.5 Å². The first-order chi connectivity index (χ1) is 21.3. The second-order valence-corrected chi connectivity index (χ2v) is 13.0. The number of methoxy groups -OCH3 is 1. The highest BCUT2D eigenvalue weighted by atomic mass is 127. The number of carbonyl (C=O) groups excluding carboxylic acids is 1. The molecule has 3 aromatic carbocycles. The fraction of sp³-hybridized carbons (Fsp3) is 0.242. The van der Waals surface area contributed by atoms with Gasteiger partial charge in [-0.3, -0.25) is 9.36 Å². The quantitative estimate of drug-likeness (QED) is 0.144. The van der Waals surface area contributed by atoms with Crippen LogP contribution in [0.15, 0.2) is 81.7 Å². The van der Waals surface area contributed by atoms with E-state index in [-0.39, 0.29) is 17.7 Å². The zero-order chi connectivity index (χ0) is 31.4. The van der Waals surface area contributed by atoms with E-state index in [1.165, 1.54) is 11.3 Å². The number of nitrogens with zero attached hydrogens (tertiary/aromatic N) is 2. The predicted octanol–water partition coefficient (Wildman–Crippen LogP) is 5.99. The first-order valence-corrected chi connectivity index (χ1v) is 16.9. The molecular formula is C33H30I2N2O6S. The lowest BCUT2D eigenvalue weighted by Gasteiger charge is -2.26. The summed E-state index contributed by atoms with van der Waals surface area (Å²) < 4.78 is 27.1. The lowest BCUT2D eigenvalue weighted by atomic mass is 9.94. The SMILES string of the molecule is CCOC(=O)C1=C(C)N=c2s/c(=C/c3cc(I)c(OCc4ccccc4)c(I)c3)c(=O)n2[C@H]1c1cccc(OC)c1OCC. The molecule has 4 aromatic rings. The highest BCUT2D eigenvalue weighted by Crippen LogP contribution is 2.41. The van der Waals surface area contributed by atoms with E-state index in [2.05, 4.69) is 45.2 Å². The van der Waals surface area contributed by atoms with Crippen LogP contribution in [-0.4, -0.2) is 30.9 Å². The second-order valence-electron chi connectivity index (χ2n) is 9.70. The Balaban J connectivity index is 1.62. The summed E-state index contributed by atoms with van der Waals surface area (Å²) in [4.78, 5) is 32.7. The predicted molar refractivity (Wildman–Crippen MR) is 187 cm³/mol. The molecule has 0 bridgehead atoms. The van der Waals surface area contributed by atoms with Crippen LogP contribution in [0.5, 0.6) is 17.2 Å². The van der Waals surface area contributed by atoms with Gasteiger partial charge in [0.15, 0.2) is 16.3 Å². The maximum absolute atomic E-state index is 14.2. The Morgan fingerprint density at radius 3 is 2.39 bits per heavy atom. The van der Waals surface area contributed by atoms with Crippen molar-refractivity contribution in [3.05, 3.63) is 115 Å². The van der Waals surface area contributed by atoms with Gasteiger partial charge < -0.3 is 18.9 Å². The number of ether oxygens (including phenoxy) is 4. The average Bonchev–Trinajstić information content (AvgIpc) is 3.30. The van der Waals surface area contributed by atoms with Crippen molar-refractivity contribution in [3.8, 4) is 17.2 Å². The topological polar surface area (TPSA) is 88.4 Å². The molecule has 0 N–H and O–H groups in total. The van der Waals surface area contributed by atoms with E-state index in [1.54, 1.807) is 31.6 Å². The van der Waals surface area contributed by atoms with Crippen molar-refractivity contribution in [2.75, 3.05) is 20.3 Å². The van der Waals surface area contributed by atoms with Gasteiger partial charge in [-0.05, 0) is 101 Å². The van der Waals surface area contributed by atoms with Crippen LogP contribution in [0.25, 0.3) is 6.08 Å². The van der Waals surface area contributed by atoms with Gasteiger partial charge in [0.1, 0.15) is 18.4 Å². The lowest BCUT2D eigenvalue weighted by molar-refractivity contribution is -0.139. The summed E-state index contributed by atoms with van der Waals surface area (Å²) in [7, 11) is 1.56. The minimum absolute atomic E-state index is 0.186. The minimum atomic E-state index is -0.821. The first-order valence-electron chi connectivity index (χ1n) is 13.9. The number of carbonyl (C=O) groups is 1. The molecule has 0 unspecified atom stereocenters. The van der Waals surface area contributed by atoms with Crippen LogP contribution in [0, 0.1) is 7.14 Å². The number of esters is 1. The van der Waals surface area contributed by atoms with Crippen molar-refractivity contribution in [2.45, 2.75) is 33.4 Å². The normalized spacial score (nSPS) is 14.6. The molecule has 0 spiro atoms. The van der Waals surface area contributed by atoms with Gasteiger partial charge in [-0.1, -0.05) is 53.8 Å². The van der Waals surface area contributed by atoms with Crippen molar-refractivity contribution in [2.24, 2.45) is 4.99 Å². The third kappa shape index (κ3) is 6.59. The number of hydrogen-bond donors (Lipinski definition) is 0. The fourth-order valence-corrected chi connectivity index (χ4v) is 8.15. The molecule has 44 heavy (non-hydrogen) atoms. The van der Waals surface area contributed by atoms with Crippen LogP contribution in [-0.2, 0) is 16.1 Å². The molecule has 8 nitrogen and oxygen atoms in total. The van der Waals surface area contributed by atoms with E-state index in [0.29, 0.717) is 45.3 Å². The van der Waals surface area contributed by atoms with Crippen LogP contribution in [0.3, 0.4) is 0 Å². The molecule has 0 radical (unpaired) electrons. The first kappa shape index (κ1) is 32.2. The molecule has 228 valence electrons. The Bertz CT molecular complexity index is 1890. The largest absolute Gasteiger partial charge is 0.493 e. The summed E-state index contributed by atoms with van der Waals surface area (Å²) in [5.74, 6) is 1.23. The van der Waals surface area contributed by atoms with Crippen LogP contribution >= 0.6 is 56.5 Å². The van der Waals surface area contributed by atoms with Gasteiger partial charge >= 0.3 is 5.97 Å². The Morgan fingerprint density at radius 2 is 1.73 bits per heavy atom. The Hall–Kier alpha value is -3.17. The number of halogens is 2. The summed E-state index contributed by atoms with van der Waals surface area (Å²) in [5.41, 5.74) is 3.04. The van der Waals surface area contributed by atoms with Crippen molar-refractivity contribution in [1.82, 2.24) is 4.57 Å². The van der Waals surface area contributed by atoms with Crippen molar-refractivity contribution in [1.29, 1.82) is 0 Å². The van der Waals surface area contributed by atoms with E-state index >= 15 is 0 Å². The Kier molecular flexibility index (Phi) is 10.5. The highest BCUT2D eigenvalue weighted by Gasteiger charge is 2.36. The Labute approximate surface area is 286 Å². The number of allylic oxidation sites excluding steroid dienone is 1. The standard InChI is InChI=1S/C33H30I2N2O6S/c1-5-41-29-22(13-10-14-25(29)40-4)28-27(32(39)42-6-2)19(3)36-33-37(28)31(38)26(44-33)17-21-15-23(34)30(24(35)16-21)43-18-20-11-8-7-9-12-20/h7-17,28H,5-6,18H2,1-4H3/b26-17+/t28-/m0/s1. The van der Waals surface area contributed by atoms with Gasteiger partial charge in [-0.25, -0.2) is 9.79 Å². The Morgan fingerprint density at radius 1 is 1.00 bits per heavy atom. The van der Waals surface area contributed by atoms with E-state index in [0.717, 1.165) is 24.0 Å². The number of fused-ring (bicyclic) bond motifs is 1. The number of hydrogen-bond acceptors (Lipinski definition) is 8. The molecule has 0 saturated heterocycles. The zero-order valence-electron chi connectivity index (χ0n) is 24.6. The van der Waals surface area contributed by atoms with Crippen molar-refractivity contribution >= 4 is 68.6 Å². The van der Waals surface area contributed by atoms with Gasteiger partial charge in [0.2, 0.25) is 0 Å². The van der Waals surface area contributed by atoms with Gasteiger partial charge in [-0.15, -0.1) is 0 Å². The molecule has 11 heteroatoms. The van der Waals surface area contributed by atoms with Gasteiger partial charge in [0.25, 0.3) is 5.56 Å². The molecule has 5 rings (SSSR count). The van der Waals surface area contributed by atoms with E-state index < -0.39 is 12.0 Å². The molecule has 1 atom stereocenters. The molecule has 0 saturated carbocycles. The summed E-state index contributed by atoms with van der Waals surface area (Å²) in [6.07, 6.45) is 1.85. The van der Waals surface area contributed by atoms with Crippen LogP contribution < -0.4 is 29.1 Å². The molecule has 2 heterocycles. The number of aromatic nitrogens is 1. The van der Waals surface area contributed by atoms with Crippen molar-refractivity contribution in [3.63, 3.8) is 0 Å². The minimum Gasteiger partial charge on any atom is -0.493 e. The molecule has 1 aliphatic rings. The summed E-state index contributed by atoms with van der Waals surface area (Å²) >= 11 is 5.79. The average molecular weight is 836 g/mol. The highest BCUT2D eigenvalue weighted by molar-refractivity contribution is 14.1.